The minimum Gasteiger partial charge on any atom is -0.338 e. The first kappa shape index (κ1) is 18.7. The van der Waals surface area contributed by atoms with Crippen LogP contribution >= 0.6 is 11.3 Å². The molecule has 28 heavy (non-hydrogen) atoms. The molecule has 2 aromatic heterocycles. The second kappa shape index (κ2) is 7.75. The number of aromatic nitrogens is 2. The van der Waals surface area contributed by atoms with Gasteiger partial charge in [-0.15, -0.1) is 11.3 Å². The molecular formula is C21H23N3O3S. The number of thiophene rings is 1. The number of likely N-dealkylation sites (tertiary alicyclic amines) is 1. The van der Waals surface area contributed by atoms with Crippen LogP contribution in [0.2, 0.25) is 0 Å². The van der Waals surface area contributed by atoms with Crippen LogP contribution in [0.15, 0.2) is 51.4 Å². The number of benzene rings is 1. The third kappa shape index (κ3) is 3.20. The summed E-state index contributed by atoms with van der Waals surface area (Å²) in [5.41, 5.74) is 0.235. The highest BCUT2D eigenvalue weighted by molar-refractivity contribution is 7.17. The summed E-state index contributed by atoms with van der Waals surface area (Å²) in [6, 6.07) is 10.8. The van der Waals surface area contributed by atoms with Gasteiger partial charge in [0, 0.05) is 12.6 Å². The van der Waals surface area contributed by atoms with Gasteiger partial charge in [0.25, 0.3) is 5.56 Å². The zero-order chi connectivity index (χ0) is 19.7. The minimum absolute atomic E-state index is 0.0460. The molecule has 0 unspecified atom stereocenters. The van der Waals surface area contributed by atoms with E-state index in [0.717, 1.165) is 32.2 Å². The highest BCUT2D eigenvalue weighted by atomic mass is 32.1. The van der Waals surface area contributed by atoms with Crippen LogP contribution in [0.3, 0.4) is 0 Å². The molecule has 1 aliphatic rings. The summed E-state index contributed by atoms with van der Waals surface area (Å²) in [5, 5.41) is 1.79. The van der Waals surface area contributed by atoms with E-state index in [9.17, 15) is 14.4 Å². The molecule has 1 saturated heterocycles. The number of piperidine rings is 1. The Morgan fingerprint density at radius 3 is 2.68 bits per heavy atom. The normalized spacial score (nSPS) is 17.2. The molecule has 6 nitrogen and oxygen atoms in total. The van der Waals surface area contributed by atoms with Crippen LogP contribution in [-0.4, -0.2) is 32.5 Å². The van der Waals surface area contributed by atoms with Crippen molar-refractivity contribution in [1.29, 1.82) is 0 Å². The maximum absolute atomic E-state index is 13.2. The lowest BCUT2D eigenvalue weighted by molar-refractivity contribution is -0.135. The summed E-state index contributed by atoms with van der Waals surface area (Å²) in [6.07, 6.45) is 4.05. The second-order valence-corrected chi connectivity index (χ2v) is 8.04. The van der Waals surface area contributed by atoms with Gasteiger partial charge in [0.05, 0.1) is 11.2 Å². The Balaban J connectivity index is 1.81. The van der Waals surface area contributed by atoms with Gasteiger partial charge in [-0.2, -0.15) is 0 Å². The van der Waals surface area contributed by atoms with E-state index >= 15 is 0 Å². The molecule has 1 atom stereocenters. The maximum Gasteiger partial charge on any atom is 0.336 e. The van der Waals surface area contributed by atoms with Crippen LogP contribution in [0.4, 0.5) is 0 Å². The van der Waals surface area contributed by atoms with Crippen molar-refractivity contribution in [3.8, 4) is 5.69 Å². The van der Waals surface area contributed by atoms with E-state index in [1.807, 2.05) is 11.0 Å². The number of rotatable bonds is 4. The van der Waals surface area contributed by atoms with E-state index in [0.29, 0.717) is 15.9 Å². The van der Waals surface area contributed by atoms with Crippen molar-refractivity contribution >= 4 is 27.5 Å². The molecular weight excluding hydrogens is 374 g/mol. The van der Waals surface area contributed by atoms with Gasteiger partial charge < -0.3 is 4.90 Å². The molecule has 0 aliphatic carbocycles. The molecule has 4 rings (SSSR count). The first-order valence-electron chi connectivity index (χ1n) is 9.69. The van der Waals surface area contributed by atoms with E-state index in [4.69, 9.17) is 0 Å². The quantitative estimate of drug-likeness (QED) is 0.680. The number of hydrogen-bond donors (Lipinski definition) is 0. The van der Waals surface area contributed by atoms with Crippen molar-refractivity contribution < 1.29 is 4.79 Å². The van der Waals surface area contributed by atoms with Gasteiger partial charge in [-0.25, -0.2) is 9.36 Å². The Hall–Kier alpha value is -2.67. The van der Waals surface area contributed by atoms with Gasteiger partial charge >= 0.3 is 5.69 Å². The summed E-state index contributed by atoms with van der Waals surface area (Å²) in [7, 11) is 0. The zero-order valence-corrected chi connectivity index (χ0v) is 16.7. The van der Waals surface area contributed by atoms with E-state index in [1.54, 1.807) is 35.7 Å². The maximum atomic E-state index is 13.2. The van der Waals surface area contributed by atoms with Crippen LogP contribution in [0, 0.1) is 0 Å². The van der Waals surface area contributed by atoms with Gasteiger partial charge in [0.1, 0.15) is 11.2 Å². The fraction of sp³-hybridized carbons (Fsp3) is 0.381. The molecule has 0 saturated carbocycles. The summed E-state index contributed by atoms with van der Waals surface area (Å²) < 4.78 is 3.10. The zero-order valence-electron chi connectivity index (χ0n) is 15.8. The van der Waals surface area contributed by atoms with Crippen LogP contribution in [0.1, 0.15) is 32.6 Å². The summed E-state index contributed by atoms with van der Waals surface area (Å²) >= 11 is 1.30. The SMILES string of the molecule is CC[C@@H]1CCCCN1C(=O)Cn1c(=O)n(-c2ccccc2)c(=O)c2sccc21. The number of amides is 1. The standard InChI is InChI=1S/C21H23N3O3S/c1-2-15-8-6-7-12-22(15)18(25)14-23-17-11-13-28-19(17)20(26)24(21(23)27)16-9-4-3-5-10-16/h3-5,9-11,13,15H,2,6-8,12,14H2,1H3/t15-/m1/s1. The molecule has 0 N–H and O–H groups in total. The number of carbonyl (C=O) groups excluding carboxylic acids is 1. The van der Waals surface area contributed by atoms with E-state index in [2.05, 4.69) is 6.92 Å². The van der Waals surface area contributed by atoms with Gasteiger partial charge in [-0.1, -0.05) is 25.1 Å². The molecule has 0 spiro atoms. The Labute approximate surface area is 166 Å². The fourth-order valence-electron chi connectivity index (χ4n) is 4.02. The average molecular weight is 398 g/mol. The smallest absolute Gasteiger partial charge is 0.336 e. The summed E-state index contributed by atoms with van der Waals surface area (Å²) in [4.78, 5) is 41.1. The largest absolute Gasteiger partial charge is 0.338 e. The van der Waals surface area contributed by atoms with E-state index in [1.165, 1.54) is 20.5 Å². The van der Waals surface area contributed by atoms with Gasteiger partial charge in [-0.05, 0) is 49.3 Å². The van der Waals surface area contributed by atoms with E-state index < -0.39 is 5.69 Å². The van der Waals surface area contributed by atoms with Crippen LogP contribution < -0.4 is 11.2 Å². The summed E-state index contributed by atoms with van der Waals surface area (Å²) in [6.45, 7) is 2.78. The predicted octanol–water partition coefficient (Wildman–Crippen LogP) is 3.01. The molecule has 1 amide bonds. The second-order valence-electron chi connectivity index (χ2n) is 7.12. The monoisotopic (exact) mass is 397 g/mol. The average Bonchev–Trinajstić information content (AvgIpc) is 3.22. The van der Waals surface area contributed by atoms with Crippen molar-refractivity contribution in [2.45, 2.75) is 45.2 Å². The molecule has 7 heteroatoms. The number of para-hydroxylation sites is 1. The van der Waals surface area contributed by atoms with Crippen molar-refractivity contribution in [1.82, 2.24) is 14.0 Å². The highest BCUT2D eigenvalue weighted by Crippen LogP contribution is 2.21. The Morgan fingerprint density at radius 1 is 1.14 bits per heavy atom. The lowest BCUT2D eigenvalue weighted by atomic mass is 10.00. The lowest BCUT2D eigenvalue weighted by Gasteiger charge is -2.35. The molecule has 0 bridgehead atoms. The first-order valence-corrected chi connectivity index (χ1v) is 10.6. The van der Waals surface area contributed by atoms with Crippen molar-refractivity contribution in [3.63, 3.8) is 0 Å². The third-order valence-corrected chi connectivity index (χ3v) is 6.37. The number of carbonyl (C=O) groups is 1. The molecule has 1 aliphatic heterocycles. The van der Waals surface area contributed by atoms with Gasteiger partial charge in [0.2, 0.25) is 5.91 Å². The molecule has 0 radical (unpaired) electrons. The van der Waals surface area contributed by atoms with E-state index in [-0.39, 0.29) is 24.1 Å². The first-order chi connectivity index (χ1) is 13.6. The van der Waals surface area contributed by atoms with Gasteiger partial charge in [0.15, 0.2) is 0 Å². The predicted molar refractivity (Wildman–Crippen MR) is 111 cm³/mol. The Kier molecular flexibility index (Phi) is 5.17. The van der Waals surface area contributed by atoms with Gasteiger partial charge in [-0.3, -0.25) is 14.2 Å². The van der Waals surface area contributed by atoms with Crippen molar-refractivity contribution in [2.24, 2.45) is 0 Å². The van der Waals surface area contributed by atoms with Crippen molar-refractivity contribution in [3.05, 3.63) is 62.6 Å². The Morgan fingerprint density at radius 2 is 1.93 bits per heavy atom. The third-order valence-electron chi connectivity index (χ3n) is 5.48. The molecule has 146 valence electrons. The Bertz CT molecular complexity index is 1110. The number of fused-ring (bicyclic) bond motifs is 1. The van der Waals surface area contributed by atoms with Crippen LogP contribution in [0.5, 0.6) is 0 Å². The van der Waals surface area contributed by atoms with Crippen LogP contribution in [-0.2, 0) is 11.3 Å². The molecule has 3 aromatic rings. The highest BCUT2D eigenvalue weighted by Gasteiger charge is 2.26. The molecule has 1 aromatic carbocycles. The number of hydrogen-bond acceptors (Lipinski definition) is 4. The van der Waals surface area contributed by atoms with Crippen LogP contribution in [0.25, 0.3) is 15.9 Å². The molecule has 3 heterocycles. The molecule has 1 fully saturated rings. The topological polar surface area (TPSA) is 64.3 Å². The fourth-order valence-corrected chi connectivity index (χ4v) is 4.85. The number of nitrogens with zero attached hydrogens (tertiary/aromatic N) is 3. The summed E-state index contributed by atoms with van der Waals surface area (Å²) in [5.74, 6) is -0.0561. The lowest BCUT2D eigenvalue weighted by Crippen LogP contribution is -2.47. The minimum atomic E-state index is -0.472. The van der Waals surface area contributed by atoms with Crippen molar-refractivity contribution in [2.75, 3.05) is 6.54 Å².